The molecule has 1 radical (unpaired) electrons. The molecule has 0 aromatic rings. The zero-order valence-corrected chi connectivity index (χ0v) is 52.8. The van der Waals surface area contributed by atoms with Crippen molar-refractivity contribution < 1.29 is 109 Å². The van der Waals surface area contributed by atoms with E-state index in [9.17, 15) is 23.8 Å². The third-order valence-electron chi connectivity index (χ3n) is 10.2. The number of carbonyl (C=O) groups excluding carboxylic acids is 3. The molecule has 1 amide bonds. The van der Waals surface area contributed by atoms with Crippen molar-refractivity contribution in [2.45, 2.75) is 232 Å². The summed E-state index contributed by atoms with van der Waals surface area (Å²) in [5, 5.41) is 2.58. The van der Waals surface area contributed by atoms with Gasteiger partial charge in [-0.25, -0.2) is 0 Å². The number of allylic oxidation sites excluding steroid dienone is 4. The van der Waals surface area contributed by atoms with Gasteiger partial charge in [0.05, 0.1) is 13.2 Å². The second-order valence-corrected chi connectivity index (χ2v) is 17.9. The Bertz CT molecular complexity index is 1140. The molecular weight excluding hydrogens is 1320 g/mol. The Labute approximate surface area is 461 Å². The van der Waals surface area contributed by atoms with E-state index in [1.807, 2.05) is 6.92 Å². The molecule has 11 nitrogen and oxygen atoms in total. The van der Waals surface area contributed by atoms with Crippen molar-refractivity contribution in [1.29, 1.82) is 0 Å². The summed E-state index contributed by atoms with van der Waals surface area (Å²) < 4.78 is 37.9. The van der Waals surface area contributed by atoms with Crippen molar-refractivity contribution in [3.8, 4) is 0 Å². The number of rotatable bonds is 45. The molecule has 3 atom stereocenters. The van der Waals surface area contributed by atoms with E-state index >= 15 is 0 Å². The van der Waals surface area contributed by atoms with Gasteiger partial charge < -0.3 is 69.1 Å². The van der Waals surface area contributed by atoms with Crippen LogP contribution in [0.4, 0.5) is 0 Å². The number of hydrogen-bond donors (Lipinski definition) is 1. The molecule has 0 fully saturated rings. The number of nitrogens with one attached hydrogen (secondary N) is 1. The maximum Gasteiger partial charge on any atom is 3.00 e. The summed E-state index contributed by atoms with van der Waals surface area (Å²) in [6.07, 6.45) is 40.2. The Balaban J connectivity index is -0.000000866. The number of amides is 1. The fourth-order valence-corrected chi connectivity index (χ4v) is 7.17. The first-order chi connectivity index (χ1) is 30.5. The van der Waals surface area contributed by atoms with Gasteiger partial charge in [0.2, 0.25) is 5.91 Å². The number of carbonyl (C=O) groups is 3. The molecule has 67 heavy (non-hydrogen) atoms. The fraction of sp³-hybridized carbons (Fsp3) is 0.774. The van der Waals surface area contributed by atoms with Crippen LogP contribution in [-0.2, 0) is 42.2 Å². The molecule has 0 spiro atoms. The van der Waals surface area contributed by atoms with Crippen molar-refractivity contribution >= 4 is 25.7 Å². The van der Waals surface area contributed by atoms with E-state index in [0.717, 1.165) is 70.6 Å². The van der Waals surface area contributed by atoms with E-state index in [0.29, 0.717) is 38.7 Å². The van der Waals surface area contributed by atoms with Gasteiger partial charge in [-0.3, -0.25) is 18.9 Å². The topological polar surface area (TPSA) is 150 Å². The summed E-state index contributed by atoms with van der Waals surface area (Å²) in [6.45, 7) is 16.4. The Morgan fingerprint density at radius 3 is 1.43 bits per heavy atom. The van der Waals surface area contributed by atoms with E-state index < -0.39 is 32.5 Å². The Kier molecular flexibility index (Phi) is 72.9. The molecule has 0 aromatic carbocycles. The molecule has 0 aliphatic carbocycles. The van der Waals surface area contributed by atoms with E-state index in [1.165, 1.54) is 83.5 Å². The molecule has 0 bridgehead atoms. The van der Waals surface area contributed by atoms with Gasteiger partial charge in [-0.2, -0.15) is 6.42 Å². The molecule has 1 N–H and O–H groups in total. The third kappa shape index (κ3) is 66.1. The second-order valence-electron chi connectivity index (χ2n) is 16.5. The number of hydrogen-bond acceptors (Lipinski definition) is 10. The van der Waals surface area contributed by atoms with Gasteiger partial charge in [0.1, 0.15) is 6.61 Å². The van der Waals surface area contributed by atoms with Crippen LogP contribution in [0.3, 0.4) is 0 Å². The molecule has 0 saturated carbocycles. The number of ether oxygens (including phenoxy) is 3. The van der Waals surface area contributed by atoms with Crippen LogP contribution in [0.25, 0.3) is 0 Å². The number of esters is 2. The third-order valence-corrected chi connectivity index (χ3v) is 11.1. The summed E-state index contributed by atoms with van der Waals surface area (Å²) in [4.78, 5) is 49.3. The van der Waals surface area contributed by atoms with Gasteiger partial charge in [-0.05, 0) is 64.2 Å². The molecule has 0 aliphatic rings. The summed E-state index contributed by atoms with van der Waals surface area (Å²) in [5.41, 5.74) is 0. The first kappa shape index (κ1) is 78.5. The van der Waals surface area contributed by atoms with Gasteiger partial charge in [0, 0.05) is 25.8 Å². The fourth-order valence-electron chi connectivity index (χ4n) is 6.43. The predicted octanol–water partition coefficient (Wildman–Crippen LogP) is 14.1. The predicted molar refractivity (Wildman–Crippen MR) is 270 cm³/mol. The van der Waals surface area contributed by atoms with Gasteiger partial charge >= 0.3 is 74.2 Å². The quantitative estimate of drug-likeness (QED) is 0.0205. The molecule has 0 saturated heterocycles. The van der Waals surface area contributed by atoms with Crippen LogP contribution in [0.1, 0.15) is 220 Å². The molecule has 391 valence electrons. The summed E-state index contributed by atoms with van der Waals surface area (Å²) >= 11 is 0. The first-order valence-corrected chi connectivity index (χ1v) is 26.5. The van der Waals surface area contributed by atoms with Gasteiger partial charge in [0.15, 0.2) is 6.10 Å². The molecule has 14 heteroatoms. The number of phosphoric acid groups is 1. The molecule has 0 rings (SSSR count). The van der Waals surface area contributed by atoms with Crippen molar-refractivity contribution in [2.75, 3.05) is 33.0 Å². The van der Waals surface area contributed by atoms with Crippen molar-refractivity contribution in [2.24, 2.45) is 0 Å². The maximum absolute atomic E-state index is 12.7. The SMILES string of the molecule is [CH2-]CCCC(=O)NCCOP(=O)([O-])OC[C@@H](COC(=O)CCCCCCC/C=C\CCCCCCCC)OC(=O)CCCCCCC/C=C\CCCCCCCC.[CH2-]COC([CH2-])C.[CH3-].[CH3-].[U+2].[U+3]. The molecular formula is C53H100NO10PU2-. The van der Waals surface area contributed by atoms with Crippen LogP contribution in [0.5, 0.6) is 0 Å². The summed E-state index contributed by atoms with van der Waals surface area (Å²) in [7, 11) is -4.77. The standard InChI is InChI=1S/C46H85NO9P.C5H10O.2CH3.2U/c1-4-7-10-12-14-16-18-20-22-24-26-28-30-32-34-37-45(49)53-41-43(42-55-57(51,52)54-40-39-47-44(48)36-9-6-3)56-46(50)38-35-33-31-29-27-25-23-21-19-17-15-13-11-8-5-2;1-4-6-5(2)3;;;;/h20-23,43H,3-19,24-42H2,1-2H3,(H,47,48)(H,51,52);5H,1-2,4H2,3H3;2*1H3;;/q-1;-2;2*-1;+2;+3/p-1/b22-20-,23-21-;;;;;/t43-;;;;;/m1...../s1. The van der Waals surface area contributed by atoms with Crippen molar-refractivity contribution in [3.63, 3.8) is 0 Å². The zero-order chi connectivity index (χ0) is 46.9. The van der Waals surface area contributed by atoms with Gasteiger partial charge in [0.25, 0.3) is 7.82 Å². The number of phosphoric ester groups is 1. The van der Waals surface area contributed by atoms with Crippen LogP contribution in [-0.4, -0.2) is 63.0 Å². The molecule has 0 heterocycles. The molecule has 2 unspecified atom stereocenters. The number of unbranched alkanes of at least 4 members (excludes halogenated alkanes) is 23. The van der Waals surface area contributed by atoms with E-state index in [1.54, 1.807) is 0 Å². The Morgan fingerprint density at radius 2 is 1.03 bits per heavy atom. The van der Waals surface area contributed by atoms with Gasteiger partial charge in [-0.15, -0.1) is 0 Å². The summed E-state index contributed by atoms with van der Waals surface area (Å²) in [5.74, 6) is -1.14. The molecule has 0 aromatic heterocycles. The van der Waals surface area contributed by atoms with Crippen LogP contribution < -0.4 is 10.2 Å². The van der Waals surface area contributed by atoms with E-state index in [2.05, 4.69) is 64.2 Å². The van der Waals surface area contributed by atoms with E-state index in [4.69, 9.17) is 23.3 Å². The Hall–Kier alpha value is 0.0639. The van der Waals surface area contributed by atoms with Crippen LogP contribution >= 0.6 is 7.82 Å². The normalized spacial score (nSPS) is 12.6. The van der Waals surface area contributed by atoms with Gasteiger partial charge in [-0.1, -0.05) is 167 Å². The smallest absolute Gasteiger partial charge is 0.756 e. The van der Waals surface area contributed by atoms with Crippen LogP contribution in [0.15, 0.2) is 24.3 Å². The zero-order valence-electron chi connectivity index (χ0n) is 43.6. The first-order valence-electron chi connectivity index (χ1n) is 25.1. The average Bonchev–Trinajstić information content (AvgIpc) is 3.25. The minimum absolute atomic E-state index is 0. The van der Waals surface area contributed by atoms with Crippen LogP contribution in [0.2, 0.25) is 0 Å². The van der Waals surface area contributed by atoms with Crippen LogP contribution in [0, 0.1) is 97.9 Å². The van der Waals surface area contributed by atoms with Crippen molar-refractivity contribution in [1.82, 2.24) is 5.32 Å². The van der Waals surface area contributed by atoms with E-state index in [-0.39, 0.29) is 122 Å². The second kappa shape index (κ2) is 62.2. The maximum atomic E-state index is 12.7. The Morgan fingerprint density at radius 1 is 0.612 bits per heavy atom. The summed E-state index contributed by atoms with van der Waals surface area (Å²) in [6, 6.07) is 0. The van der Waals surface area contributed by atoms with Crippen molar-refractivity contribution in [3.05, 3.63) is 59.9 Å². The largest absolute Gasteiger partial charge is 3.00 e. The molecule has 0 aliphatic heterocycles. The minimum atomic E-state index is -4.77. The minimum Gasteiger partial charge on any atom is -0.756 e. The average molecular weight is 1420 g/mol. The monoisotopic (exact) mass is 1420 g/mol.